The van der Waals surface area contributed by atoms with Crippen molar-refractivity contribution in [1.29, 1.82) is 5.26 Å². The third kappa shape index (κ3) is 4.54. The van der Waals surface area contributed by atoms with Crippen LogP contribution in [0.5, 0.6) is 0 Å². The molecular formula is C27H23ClF2N6O2. The molecule has 11 heteroatoms. The van der Waals surface area contributed by atoms with Crippen LogP contribution < -0.4 is 4.90 Å². The van der Waals surface area contributed by atoms with Crippen molar-refractivity contribution >= 4 is 45.2 Å². The monoisotopic (exact) mass is 536 g/mol. The molecule has 0 N–H and O–H groups in total. The summed E-state index contributed by atoms with van der Waals surface area (Å²) in [5, 5.41) is 11.0. The molecule has 1 unspecified atom stereocenters. The third-order valence-electron chi connectivity index (χ3n) is 6.25. The predicted octanol–water partition coefficient (Wildman–Crippen LogP) is 5.73. The molecule has 2 aromatic heterocycles. The maximum Gasteiger partial charge on any atom is 0.411 e. The van der Waals surface area contributed by atoms with Gasteiger partial charge in [-0.05, 0) is 32.2 Å². The Balaban J connectivity index is 1.52. The second kappa shape index (κ2) is 9.65. The first kappa shape index (κ1) is 25.5. The van der Waals surface area contributed by atoms with E-state index in [0.717, 1.165) is 0 Å². The van der Waals surface area contributed by atoms with Crippen molar-refractivity contribution in [3.63, 3.8) is 0 Å². The highest BCUT2D eigenvalue weighted by molar-refractivity contribution is 6.36. The number of anilines is 1. The summed E-state index contributed by atoms with van der Waals surface area (Å²) in [7, 11) is 0. The number of nitrogens with zero attached hydrogens (tertiary/aromatic N) is 6. The number of piperazine rings is 1. The molecule has 4 aromatic rings. The van der Waals surface area contributed by atoms with Gasteiger partial charge in [0.25, 0.3) is 0 Å². The van der Waals surface area contributed by atoms with E-state index in [0.29, 0.717) is 34.1 Å². The minimum Gasteiger partial charge on any atom is -0.444 e. The number of halogens is 3. The Morgan fingerprint density at radius 1 is 1.16 bits per heavy atom. The first-order valence-electron chi connectivity index (χ1n) is 11.9. The molecule has 2 aromatic carbocycles. The van der Waals surface area contributed by atoms with Crippen LogP contribution in [0.25, 0.3) is 32.9 Å². The van der Waals surface area contributed by atoms with Gasteiger partial charge in [0.1, 0.15) is 40.8 Å². The predicted molar refractivity (Wildman–Crippen MR) is 140 cm³/mol. The van der Waals surface area contributed by atoms with E-state index in [1.54, 1.807) is 49.9 Å². The minimum absolute atomic E-state index is 0.0209. The first-order valence-corrected chi connectivity index (χ1v) is 12.3. The number of hydrogen-bond acceptors (Lipinski definition) is 7. The topological polar surface area (TPSA) is 95.2 Å². The smallest absolute Gasteiger partial charge is 0.411 e. The van der Waals surface area contributed by atoms with Gasteiger partial charge in [-0.3, -0.25) is 9.88 Å². The molecule has 1 fully saturated rings. The van der Waals surface area contributed by atoms with Gasteiger partial charge in [-0.25, -0.2) is 23.5 Å². The first-order chi connectivity index (χ1) is 18.1. The standard InChI is InChI=1S/C27H23ClF2N6O2/c1-27(2,3)38-26(37)36-10-9-35(13-16(36)11-31)25-18-12-32-23(22(30)24(18)33-14-34-25)17-6-4-5-15-7-8-19(29)21(28)20(15)17/h4-8,12,14,16H,9-10,13H2,1-3H3. The molecular weight excluding hydrogens is 514 g/mol. The van der Waals surface area contributed by atoms with E-state index in [1.165, 1.54) is 23.5 Å². The summed E-state index contributed by atoms with van der Waals surface area (Å²) in [4.78, 5) is 28.6. The van der Waals surface area contributed by atoms with Crippen molar-refractivity contribution in [1.82, 2.24) is 19.9 Å². The van der Waals surface area contributed by atoms with Crippen LogP contribution in [0, 0.1) is 23.0 Å². The number of fused-ring (bicyclic) bond motifs is 2. The van der Waals surface area contributed by atoms with E-state index >= 15 is 4.39 Å². The number of pyridine rings is 1. The highest BCUT2D eigenvalue weighted by atomic mass is 35.5. The second-order valence-corrected chi connectivity index (χ2v) is 10.3. The van der Waals surface area contributed by atoms with Crippen LogP contribution >= 0.6 is 11.6 Å². The Hall–Kier alpha value is -4.10. The molecule has 0 bridgehead atoms. The molecule has 8 nitrogen and oxygen atoms in total. The Bertz CT molecular complexity index is 1620. The fourth-order valence-electron chi connectivity index (χ4n) is 4.55. The van der Waals surface area contributed by atoms with Crippen molar-refractivity contribution in [2.24, 2.45) is 0 Å². The van der Waals surface area contributed by atoms with Gasteiger partial charge in [0, 0.05) is 30.2 Å². The quantitative estimate of drug-likeness (QED) is 0.323. The number of rotatable bonds is 2. The van der Waals surface area contributed by atoms with Gasteiger partial charge in [-0.15, -0.1) is 0 Å². The van der Waals surface area contributed by atoms with Gasteiger partial charge >= 0.3 is 6.09 Å². The van der Waals surface area contributed by atoms with Crippen LogP contribution in [0.3, 0.4) is 0 Å². The lowest BCUT2D eigenvalue weighted by Gasteiger charge is -2.39. The van der Waals surface area contributed by atoms with Crippen molar-refractivity contribution in [3.8, 4) is 17.3 Å². The van der Waals surface area contributed by atoms with E-state index in [2.05, 4.69) is 21.0 Å². The zero-order chi connectivity index (χ0) is 27.2. The molecule has 0 spiro atoms. The van der Waals surface area contributed by atoms with Gasteiger partial charge in [0.2, 0.25) is 0 Å². The van der Waals surface area contributed by atoms with Crippen LogP contribution in [-0.4, -0.2) is 57.2 Å². The third-order valence-corrected chi connectivity index (χ3v) is 6.62. The highest BCUT2D eigenvalue weighted by Gasteiger charge is 2.34. The molecule has 1 saturated heterocycles. The van der Waals surface area contributed by atoms with Gasteiger partial charge in [-0.2, -0.15) is 5.26 Å². The van der Waals surface area contributed by atoms with Crippen molar-refractivity contribution in [3.05, 3.63) is 59.5 Å². The fraction of sp³-hybridized carbons (Fsp3) is 0.296. The molecule has 1 atom stereocenters. The van der Waals surface area contributed by atoms with Crippen molar-refractivity contribution < 1.29 is 18.3 Å². The number of amides is 1. The van der Waals surface area contributed by atoms with Crippen LogP contribution in [0.4, 0.5) is 19.4 Å². The largest absolute Gasteiger partial charge is 0.444 e. The van der Waals surface area contributed by atoms with E-state index in [4.69, 9.17) is 16.3 Å². The van der Waals surface area contributed by atoms with Gasteiger partial charge in [0.05, 0.1) is 23.0 Å². The normalized spacial score (nSPS) is 16.1. The van der Waals surface area contributed by atoms with Crippen LogP contribution in [-0.2, 0) is 4.74 Å². The van der Waals surface area contributed by atoms with E-state index in [9.17, 15) is 14.4 Å². The van der Waals surface area contributed by atoms with Crippen LogP contribution in [0.2, 0.25) is 5.02 Å². The fourth-order valence-corrected chi connectivity index (χ4v) is 4.82. The molecule has 1 amide bonds. The van der Waals surface area contributed by atoms with Crippen molar-refractivity contribution in [2.45, 2.75) is 32.4 Å². The highest BCUT2D eigenvalue weighted by Crippen LogP contribution is 2.37. The Morgan fingerprint density at radius 2 is 1.95 bits per heavy atom. The molecule has 38 heavy (non-hydrogen) atoms. The number of carbonyl (C=O) groups excluding carboxylic acids is 1. The minimum atomic E-state index is -0.798. The lowest BCUT2D eigenvalue weighted by atomic mass is 10.0. The SMILES string of the molecule is CC(C)(C)OC(=O)N1CCN(c2ncnc3c(F)c(-c4cccc5ccc(F)c(Cl)c45)ncc23)CC1C#N. The zero-order valence-electron chi connectivity index (χ0n) is 20.9. The summed E-state index contributed by atoms with van der Waals surface area (Å²) in [6.45, 7) is 5.97. The number of hydrogen-bond donors (Lipinski definition) is 0. The van der Waals surface area contributed by atoms with Crippen LogP contribution in [0.15, 0.2) is 42.9 Å². The number of carbonyl (C=O) groups is 1. The summed E-state index contributed by atoms with van der Waals surface area (Å²) in [6.07, 6.45) is 2.12. The van der Waals surface area contributed by atoms with E-state index in [-0.39, 0.29) is 29.3 Å². The average molecular weight is 537 g/mol. The van der Waals surface area contributed by atoms with E-state index < -0.39 is 29.4 Å². The number of benzene rings is 2. The van der Waals surface area contributed by atoms with Gasteiger partial charge in [-0.1, -0.05) is 35.9 Å². The molecule has 1 aliphatic rings. The molecule has 3 heterocycles. The summed E-state index contributed by atoms with van der Waals surface area (Å²) in [5.74, 6) is -0.933. The van der Waals surface area contributed by atoms with Crippen LogP contribution in [0.1, 0.15) is 20.8 Å². The van der Waals surface area contributed by atoms with E-state index in [1.807, 2.05) is 0 Å². The maximum atomic E-state index is 15.9. The molecule has 0 saturated carbocycles. The summed E-state index contributed by atoms with van der Waals surface area (Å²) < 4.78 is 35.6. The average Bonchev–Trinajstić information content (AvgIpc) is 2.89. The molecule has 5 rings (SSSR count). The summed E-state index contributed by atoms with van der Waals surface area (Å²) in [5.41, 5.74) is -0.363. The number of ether oxygens (including phenoxy) is 1. The van der Waals surface area contributed by atoms with Crippen molar-refractivity contribution in [2.75, 3.05) is 24.5 Å². The molecule has 0 radical (unpaired) electrons. The summed E-state index contributed by atoms with van der Waals surface area (Å²) >= 11 is 6.25. The Kier molecular flexibility index (Phi) is 6.49. The molecule has 1 aliphatic heterocycles. The van der Waals surface area contributed by atoms with Gasteiger partial charge in [0.15, 0.2) is 5.82 Å². The second-order valence-electron chi connectivity index (χ2n) is 9.91. The Morgan fingerprint density at radius 3 is 2.68 bits per heavy atom. The number of nitriles is 1. The molecule has 194 valence electrons. The molecule has 0 aliphatic carbocycles. The maximum absolute atomic E-state index is 15.9. The van der Waals surface area contributed by atoms with Gasteiger partial charge < -0.3 is 9.64 Å². The lowest BCUT2D eigenvalue weighted by molar-refractivity contribution is 0.0189. The lowest BCUT2D eigenvalue weighted by Crippen LogP contribution is -2.56. The Labute approximate surface area is 222 Å². The summed E-state index contributed by atoms with van der Waals surface area (Å²) in [6, 6.07) is 9.28. The zero-order valence-corrected chi connectivity index (χ0v) is 21.6. The number of aromatic nitrogens is 3.